The van der Waals surface area contributed by atoms with Gasteiger partial charge in [0.15, 0.2) is 11.7 Å². The van der Waals surface area contributed by atoms with Gasteiger partial charge < -0.3 is 20.4 Å². The van der Waals surface area contributed by atoms with Crippen LogP contribution in [0.2, 0.25) is 0 Å². The van der Waals surface area contributed by atoms with Crippen molar-refractivity contribution in [3.05, 3.63) is 78.0 Å². The van der Waals surface area contributed by atoms with E-state index in [0.717, 1.165) is 12.1 Å². The van der Waals surface area contributed by atoms with Gasteiger partial charge in [0.1, 0.15) is 0 Å². The van der Waals surface area contributed by atoms with Crippen molar-refractivity contribution < 1.29 is 9.21 Å². The number of benzene rings is 1. The van der Waals surface area contributed by atoms with E-state index in [1.165, 1.54) is 11.8 Å². The highest BCUT2D eigenvalue weighted by atomic mass is 16.3. The maximum Gasteiger partial charge on any atom is 0.287 e. The lowest BCUT2D eigenvalue weighted by Crippen LogP contribution is -2.41. The van der Waals surface area contributed by atoms with Gasteiger partial charge in [-0.3, -0.25) is 9.48 Å². The molecule has 0 radical (unpaired) electrons. The van der Waals surface area contributed by atoms with E-state index in [0.29, 0.717) is 37.9 Å². The second kappa shape index (κ2) is 10.7. The first-order chi connectivity index (χ1) is 14.3. The maximum absolute atomic E-state index is 11.9. The van der Waals surface area contributed by atoms with Crippen molar-refractivity contribution in [3.8, 4) is 0 Å². The number of guanidine groups is 1. The summed E-state index contributed by atoms with van der Waals surface area (Å²) in [5.41, 5.74) is 2.33. The number of hydrogen-bond donors (Lipinski definition) is 3. The van der Waals surface area contributed by atoms with Gasteiger partial charge in [-0.2, -0.15) is 5.10 Å². The Kier molecular flexibility index (Phi) is 7.45. The Bertz CT molecular complexity index is 903. The molecule has 1 aromatic carbocycles. The number of nitrogens with one attached hydrogen (secondary N) is 3. The van der Waals surface area contributed by atoms with Crippen LogP contribution in [-0.2, 0) is 13.1 Å². The molecule has 0 atom stereocenters. The van der Waals surface area contributed by atoms with Crippen molar-refractivity contribution >= 4 is 11.9 Å². The lowest BCUT2D eigenvalue weighted by molar-refractivity contribution is 0.0926. The molecule has 0 saturated heterocycles. The quantitative estimate of drug-likeness (QED) is 0.293. The van der Waals surface area contributed by atoms with Crippen LogP contribution in [0.4, 0.5) is 0 Å². The van der Waals surface area contributed by atoms with E-state index < -0.39 is 0 Å². The van der Waals surface area contributed by atoms with Crippen molar-refractivity contribution in [2.75, 3.05) is 19.6 Å². The second-order valence-corrected chi connectivity index (χ2v) is 6.33. The summed E-state index contributed by atoms with van der Waals surface area (Å²) in [6, 6.07) is 13.5. The van der Waals surface area contributed by atoms with Crippen LogP contribution in [-0.4, -0.2) is 41.3 Å². The van der Waals surface area contributed by atoms with Gasteiger partial charge >= 0.3 is 0 Å². The van der Waals surface area contributed by atoms with Gasteiger partial charge in [0.05, 0.1) is 19.4 Å². The zero-order valence-electron chi connectivity index (χ0n) is 16.5. The molecule has 0 aliphatic rings. The van der Waals surface area contributed by atoms with Crippen LogP contribution >= 0.6 is 0 Å². The molecular formula is C21H26N6O2. The van der Waals surface area contributed by atoms with E-state index in [9.17, 15) is 4.79 Å². The molecule has 2 aromatic heterocycles. The summed E-state index contributed by atoms with van der Waals surface area (Å²) in [6.45, 7) is 5.03. The largest absolute Gasteiger partial charge is 0.459 e. The molecule has 8 heteroatoms. The number of carbonyl (C=O) groups is 1. The fourth-order valence-corrected chi connectivity index (χ4v) is 2.79. The van der Waals surface area contributed by atoms with Crippen molar-refractivity contribution in [1.29, 1.82) is 0 Å². The highest BCUT2D eigenvalue weighted by molar-refractivity contribution is 5.91. The van der Waals surface area contributed by atoms with Gasteiger partial charge in [0, 0.05) is 32.0 Å². The van der Waals surface area contributed by atoms with E-state index in [1.807, 2.05) is 36.0 Å². The van der Waals surface area contributed by atoms with Crippen molar-refractivity contribution in [2.45, 2.75) is 20.0 Å². The first-order valence-electron chi connectivity index (χ1n) is 9.64. The summed E-state index contributed by atoms with van der Waals surface area (Å²) in [5, 5.41) is 13.5. The van der Waals surface area contributed by atoms with Crippen LogP contribution < -0.4 is 16.0 Å². The summed E-state index contributed by atoms with van der Waals surface area (Å²) in [7, 11) is 0. The average Bonchev–Trinajstić information content (AvgIpc) is 3.44. The third kappa shape index (κ3) is 6.24. The number of amides is 1. The van der Waals surface area contributed by atoms with Crippen LogP contribution in [0.5, 0.6) is 0 Å². The standard InChI is InChI=1S/C21H26N6O2/c1-2-22-21(24-12-11-23-20(28)19-9-5-14-29-19)25-15-17-7-3-4-8-18(17)16-27-13-6-10-26-27/h3-10,13-14H,2,11-12,15-16H2,1H3,(H,23,28)(H2,22,24,25). The van der Waals surface area contributed by atoms with E-state index >= 15 is 0 Å². The number of carbonyl (C=O) groups excluding carboxylic acids is 1. The summed E-state index contributed by atoms with van der Waals surface area (Å²) in [5.74, 6) is 0.777. The van der Waals surface area contributed by atoms with Crippen molar-refractivity contribution in [1.82, 2.24) is 25.7 Å². The molecule has 8 nitrogen and oxygen atoms in total. The molecule has 0 spiro atoms. The molecule has 0 saturated carbocycles. The summed E-state index contributed by atoms with van der Waals surface area (Å²) in [6.07, 6.45) is 5.20. The molecular weight excluding hydrogens is 368 g/mol. The van der Waals surface area contributed by atoms with E-state index in [1.54, 1.807) is 18.3 Å². The Morgan fingerprint density at radius 3 is 2.62 bits per heavy atom. The smallest absolute Gasteiger partial charge is 0.287 e. The number of aliphatic imine (C=N–C) groups is 1. The highest BCUT2D eigenvalue weighted by Gasteiger charge is 2.07. The Balaban J connectivity index is 1.53. The van der Waals surface area contributed by atoms with Gasteiger partial charge in [0.2, 0.25) is 0 Å². The fourth-order valence-electron chi connectivity index (χ4n) is 2.79. The van der Waals surface area contributed by atoms with E-state index in [2.05, 4.69) is 38.2 Å². The van der Waals surface area contributed by atoms with Crippen LogP contribution in [0.1, 0.15) is 28.6 Å². The first-order valence-corrected chi connectivity index (χ1v) is 9.64. The third-order valence-electron chi connectivity index (χ3n) is 4.21. The molecule has 3 N–H and O–H groups in total. The molecule has 0 fully saturated rings. The number of aromatic nitrogens is 2. The zero-order chi connectivity index (χ0) is 20.3. The monoisotopic (exact) mass is 394 g/mol. The summed E-state index contributed by atoms with van der Waals surface area (Å²) in [4.78, 5) is 16.5. The predicted molar refractivity (Wildman–Crippen MR) is 112 cm³/mol. The SMILES string of the molecule is CCNC(=NCc1ccccc1Cn1cccn1)NCCNC(=O)c1ccco1. The van der Waals surface area contributed by atoms with Crippen LogP contribution in [0.3, 0.4) is 0 Å². The Labute approximate surface area is 170 Å². The first kappa shape index (κ1) is 20.2. The maximum atomic E-state index is 11.9. The molecule has 0 bridgehead atoms. The Hall–Kier alpha value is -3.55. The summed E-state index contributed by atoms with van der Waals surface area (Å²) >= 11 is 0. The molecule has 3 rings (SSSR count). The Morgan fingerprint density at radius 2 is 1.90 bits per heavy atom. The molecule has 0 unspecified atom stereocenters. The molecule has 3 aromatic rings. The number of rotatable bonds is 9. The van der Waals surface area contributed by atoms with Crippen LogP contribution in [0, 0.1) is 0 Å². The van der Waals surface area contributed by atoms with Gasteiger partial charge in [-0.25, -0.2) is 4.99 Å². The average molecular weight is 394 g/mol. The number of nitrogens with zero attached hydrogens (tertiary/aromatic N) is 3. The third-order valence-corrected chi connectivity index (χ3v) is 4.21. The minimum Gasteiger partial charge on any atom is -0.459 e. The second-order valence-electron chi connectivity index (χ2n) is 6.33. The highest BCUT2D eigenvalue weighted by Crippen LogP contribution is 2.11. The van der Waals surface area contributed by atoms with E-state index in [4.69, 9.17) is 4.42 Å². The lowest BCUT2D eigenvalue weighted by Gasteiger charge is -2.13. The normalized spacial score (nSPS) is 11.3. The van der Waals surface area contributed by atoms with Gasteiger partial charge in [0.25, 0.3) is 5.91 Å². The molecule has 1 amide bonds. The number of hydrogen-bond acceptors (Lipinski definition) is 4. The summed E-state index contributed by atoms with van der Waals surface area (Å²) < 4.78 is 6.97. The van der Waals surface area contributed by atoms with Crippen molar-refractivity contribution in [2.24, 2.45) is 4.99 Å². The van der Waals surface area contributed by atoms with Crippen LogP contribution in [0.15, 0.2) is 70.5 Å². The lowest BCUT2D eigenvalue weighted by atomic mass is 10.1. The van der Waals surface area contributed by atoms with Gasteiger partial charge in [-0.1, -0.05) is 24.3 Å². The fraction of sp³-hybridized carbons (Fsp3) is 0.286. The Morgan fingerprint density at radius 1 is 1.07 bits per heavy atom. The molecule has 152 valence electrons. The minimum atomic E-state index is -0.230. The molecule has 0 aliphatic carbocycles. The van der Waals surface area contributed by atoms with Crippen LogP contribution in [0.25, 0.3) is 0 Å². The molecule has 29 heavy (non-hydrogen) atoms. The minimum absolute atomic E-state index is 0.230. The van der Waals surface area contributed by atoms with Gasteiger partial charge in [-0.05, 0) is 36.2 Å². The predicted octanol–water partition coefficient (Wildman–Crippen LogP) is 2.01. The van der Waals surface area contributed by atoms with Gasteiger partial charge in [-0.15, -0.1) is 0 Å². The zero-order valence-corrected chi connectivity index (χ0v) is 16.5. The molecule has 0 aliphatic heterocycles. The molecule has 2 heterocycles. The number of furan rings is 1. The van der Waals surface area contributed by atoms with Crippen molar-refractivity contribution in [3.63, 3.8) is 0 Å². The topological polar surface area (TPSA) is 96.5 Å². The van der Waals surface area contributed by atoms with E-state index in [-0.39, 0.29) is 5.91 Å².